The molecule has 0 saturated carbocycles. The van der Waals surface area contributed by atoms with Crippen LogP contribution in [0.25, 0.3) is 5.69 Å². The highest BCUT2D eigenvalue weighted by Gasteiger charge is 2.03. The van der Waals surface area contributed by atoms with E-state index in [2.05, 4.69) is 16.5 Å². The van der Waals surface area contributed by atoms with E-state index in [4.69, 9.17) is 5.26 Å². The number of nitriles is 1. The van der Waals surface area contributed by atoms with Crippen molar-refractivity contribution >= 4 is 5.69 Å². The predicted octanol–water partition coefficient (Wildman–Crippen LogP) is 3.36. The second kappa shape index (κ2) is 5.93. The van der Waals surface area contributed by atoms with E-state index in [1.807, 2.05) is 65.5 Å². The molecule has 0 spiro atoms. The molecule has 0 aliphatic carbocycles. The summed E-state index contributed by atoms with van der Waals surface area (Å²) in [7, 11) is 0. The first kappa shape index (κ1) is 12.9. The number of hydrogen-bond acceptors (Lipinski definition) is 3. The molecule has 3 rings (SSSR count). The number of benzene rings is 2. The van der Waals surface area contributed by atoms with Crippen LogP contribution in [0.3, 0.4) is 0 Å². The molecule has 21 heavy (non-hydrogen) atoms. The number of aromatic nitrogens is 2. The van der Waals surface area contributed by atoms with E-state index in [0.29, 0.717) is 12.1 Å². The summed E-state index contributed by atoms with van der Waals surface area (Å²) in [5, 5.41) is 16.5. The molecule has 4 heteroatoms. The van der Waals surface area contributed by atoms with Crippen LogP contribution in [-0.2, 0) is 6.54 Å². The highest BCUT2D eigenvalue weighted by atomic mass is 15.3. The number of anilines is 1. The Kier molecular flexibility index (Phi) is 3.66. The Balaban J connectivity index is 1.78. The van der Waals surface area contributed by atoms with Crippen LogP contribution in [0.4, 0.5) is 5.69 Å². The lowest BCUT2D eigenvalue weighted by Crippen LogP contribution is -2.04. The number of nitrogens with one attached hydrogen (secondary N) is 1. The van der Waals surface area contributed by atoms with E-state index in [-0.39, 0.29) is 0 Å². The van der Waals surface area contributed by atoms with Crippen LogP contribution < -0.4 is 5.32 Å². The Hall–Kier alpha value is -3.06. The van der Waals surface area contributed by atoms with E-state index in [9.17, 15) is 0 Å². The molecular weight excluding hydrogens is 260 g/mol. The zero-order chi connectivity index (χ0) is 14.5. The second-order valence-electron chi connectivity index (χ2n) is 4.63. The van der Waals surface area contributed by atoms with Crippen LogP contribution >= 0.6 is 0 Å². The Morgan fingerprint density at radius 3 is 2.57 bits per heavy atom. The molecule has 0 aliphatic rings. The Morgan fingerprint density at radius 2 is 1.86 bits per heavy atom. The SMILES string of the molecule is N#Cc1ccc(CNc2ccccc2-n2cccn2)cc1. The van der Waals surface area contributed by atoms with Gasteiger partial charge in [-0.2, -0.15) is 10.4 Å². The maximum Gasteiger partial charge on any atom is 0.0991 e. The van der Waals surface area contributed by atoms with Gasteiger partial charge in [-0.05, 0) is 35.9 Å². The van der Waals surface area contributed by atoms with Gasteiger partial charge in [0.2, 0.25) is 0 Å². The third kappa shape index (κ3) is 2.93. The lowest BCUT2D eigenvalue weighted by atomic mass is 10.1. The molecule has 0 radical (unpaired) electrons. The van der Waals surface area contributed by atoms with Crippen molar-refractivity contribution in [2.24, 2.45) is 0 Å². The fourth-order valence-corrected chi connectivity index (χ4v) is 2.13. The molecule has 3 aromatic rings. The molecule has 0 atom stereocenters. The predicted molar refractivity (Wildman–Crippen MR) is 82.0 cm³/mol. The van der Waals surface area contributed by atoms with Crippen LogP contribution in [0, 0.1) is 11.3 Å². The van der Waals surface area contributed by atoms with Crippen LogP contribution in [0.1, 0.15) is 11.1 Å². The third-order valence-electron chi connectivity index (χ3n) is 3.22. The third-order valence-corrected chi connectivity index (χ3v) is 3.22. The molecule has 1 heterocycles. The molecule has 0 unspecified atom stereocenters. The quantitative estimate of drug-likeness (QED) is 0.793. The van der Waals surface area contributed by atoms with Crippen molar-refractivity contribution in [3.8, 4) is 11.8 Å². The van der Waals surface area contributed by atoms with Gasteiger partial charge in [0.15, 0.2) is 0 Å². The summed E-state index contributed by atoms with van der Waals surface area (Å²) in [6.07, 6.45) is 3.68. The zero-order valence-corrected chi connectivity index (χ0v) is 11.4. The average molecular weight is 274 g/mol. The van der Waals surface area contributed by atoms with Gasteiger partial charge in [0.05, 0.1) is 23.0 Å². The first-order valence-corrected chi connectivity index (χ1v) is 6.69. The van der Waals surface area contributed by atoms with E-state index in [1.54, 1.807) is 6.20 Å². The number of nitrogens with zero attached hydrogens (tertiary/aromatic N) is 3. The van der Waals surface area contributed by atoms with Crippen molar-refractivity contribution in [1.29, 1.82) is 5.26 Å². The molecule has 4 nitrogen and oxygen atoms in total. The van der Waals surface area contributed by atoms with E-state index < -0.39 is 0 Å². The first-order chi connectivity index (χ1) is 10.4. The standard InChI is InChI=1S/C17H14N4/c18-12-14-6-8-15(9-7-14)13-19-16-4-1-2-5-17(16)21-11-3-10-20-21/h1-11,19H,13H2. The van der Waals surface area contributed by atoms with E-state index in [0.717, 1.165) is 16.9 Å². The van der Waals surface area contributed by atoms with Gasteiger partial charge in [-0.15, -0.1) is 0 Å². The van der Waals surface area contributed by atoms with Crippen molar-refractivity contribution in [2.75, 3.05) is 5.32 Å². The summed E-state index contributed by atoms with van der Waals surface area (Å²) in [5.74, 6) is 0. The number of hydrogen-bond donors (Lipinski definition) is 1. The van der Waals surface area contributed by atoms with Gasteiger partial charge in [0, 0.05) is 18.9 Å². The van der Waals surface area contributed by atoms with Gasteiger partial charge < -0.3 is 5.32 Å². The van der Waals surface area contributed by atoms with E-state index in [1.165, 1.54) is 0 Å². The topological polar surface area (TPSA) is 53.6 Å². The summed E-state index contributed by atoms with van der Waals surface area (Å²) in [6.45, 7) is 0.698. The van der Waals surface area contributed by atoms with Crippen LogP contribution in [0.5, 0.6) is 0 Å². The molecule has 0 fully saturated rings. The number of rotatable bonds is 4. The Bertz CT molecular complexity index is 752. The molecular formula is C17H14N4. The molecule has 0 amide bonds. The van der Waals surface area contributed by atoms with Crippen LogP contribution in [0.2, 0.25) is 0 Å². The van der Waals surface area contributed by atoms with Gasteiger partial charge >= 0.3 is 0 Å². The van der Waals surface area contributed by atoms with Crippen molar-refractivity contribution < 1.29 is 0 Å². The van der Waals surface area contributed by atoms with E-state index >= 15 is 0 Å². The van der Waals surface area contributed by atoms with Crippen LogP contribution in [0.15, 0.2) is 67.0 Å². The molecule has 1 aromatic heterocycles. The monoisotopic (exact) mass is 274 g/mol. The summed E-state index contributed by atoms with van der Waals surface area (Å²) in [6, 6.07) is 19.6. The maximum absolute atomic E-state index is 8.80. The highest BCUT2D eigenvalue weighted by Crippen LogP contribution is 2.19. The average Bonchev–Trinajstić information content (AvgIpc) is 3.08. The Labute approximate surface area is 123 Å². The van der Waals surface area contributed by atoms with Crippen molar-refractivity contribution in [3.63, 3.8) is 0 Å². The first-order valence-electron chi connectivity index (χ1n) is 6.69. The minimum atomic E-state index is 0.677. The number of para-hydroxylation sites is 2. The van der Waals surface area contributed by atoms with Crippen molar-refractivity contribution in [2.45, 2.75) is 6.54 Å². The molecule has 2 aromatic carbocycles. The van der Waals surface area contributed by atoms with Crippen molar-refractivity contribution in [3.05, 3.63) is 78.1 Å². The molecule has 102 valence electrons. The summed E-state index contributed by atoms with van der Waals surface area (Å²) < 4.78 is 1.83. The fourth-order valence-electron chi connectivity index (χ4n) is 2.13. The van der Waals surface area contributed by atoms with Gasteiger partial charge in [-0.25, -0.2) is 4.68 Å². The molecule has 0 aliphatic heterocycles. The van der Waals surface area contributed by atoms with Gasteiger partial charge in [-0.1, -0.05) is 24.3 Å². The minimum absolute atomic E-state index is 0.677. The molecule has 0 saturated heterocycles. The Morgan fingerprint density at radius 1 is 1.05 bits per heavy atom. The largest absolute Gasteiger partial charge is 0.379 e. The minimum Gasteiger partial charge on any atom is -0.379 e. The highest BCUT2D eigenvalue weighted by molar-refractivity contribution is 5.60. The maximum atomic E-state index is 8.80. The molecule has 1 N–H and O–H groups in total. The summed E-state index contributed by atoms with van der Waals surface area (Å²) in [5.41, 5.74) is 3.83. The second-order valence-corrected chi connectivity index (χ2v) is 4.63. The van der Waals surface area contributed by atoms with Gasteiger partial charge in [0.25, 0.3) is 0 Å². The normalized spacial score (nSPS) is 10.0. The summed E-state index contributed by atoms with van der Waals surface area (Å²) in [4.78, 5) is 0. The van der Waals surface area contributed by atoms with Gasteiger partial charge in [0.1, 0.15) is 0 Å². The van der Waals surface area contributed by atoms with Crippen molar-refractivity contribution in [1.82, 2.24) is 9.78 Å². The molecule has 0 bridgehead atoms. The zero-order valence-electron chi connectivity index (χ0n) is 11.4. The fraction of sp³-hybridized carbons (Fsp3) is 0.0588. The van der Waals surface area contributed by atoms with Crippen LogP contribution in [-0.4, -0.2) is 9.78 Å². The summed E-state index contributed by atoms with van der Waals surface area (Å²) >= 11 is 0. The lowest BCUT2D eigenvalue weighted by molar-refractivity contribution is 0.879. The van der Waals surface area contributed by atoms with Gasteiger partial charge in [-0.3, -0.25) is 0 Å². The smallest absolute Gasteiger partial charge is 0.0991 e. The lowest BCUT2D eigenvalue weighted by Gasteiger charge is -2.12.